The van der Waals surface area contributed by atoms with Gasteiger partial charge in [0.25, 0.3) is 0 Å². The Labute approximate surface area is 109 Å². The van der Waals surface area contributed by atoms with Gasteiger partial charge in [-0.3, -0.25) is 0 Å². The molecule has 1 heterocycles. The van der Waals surface area contributed by atoms with Gasteiger partial charge in [0, 0.05) is 36.2 Å². The first kappa shape index (κ1) is 11.8. The second kappa shape index (κ2) is 4.77. The summed E-state index contributed by atoms with van der Waals surface area (Å²) in [6.07, 6.45) is 5.10. The molecule has 1 aromatic heterocycles. The van der Waals surface area contributed by atoms with E-state index >= 15 is 0 Å². The zero-order chi connectivity index (χ0) is 12.5. The summed E-state index contributed by atoms with van der Waals surface area (Å²) in [4.78, 5) is 0. The number of rotatable bonds is 5. The van der Waals surface area contributed by atoms with E-state index in [0.717, 1.165) is 19.0 Å². The second-order valence-corrected chi connectivity index (χ2v) is 5.60. The first-order valence-corrected chi connectivity index (χ1v) is 7.03. The van der Waals surface area contributed by atoms with Gasteiger partial charge in [-0.05, 0) is 44.2 Å². The fraction of sp³-hybridized carbons (Fsp3) is 0.500. The van der Waals surface area contributed by atoms with Gasteiger partial charge < -0.3 is 9.88 Å². The maximum absolute atomic E-state index is 3.65. The van der Waals surface area contributed by atoms with Crippen LogP contribution in [0.2, 0.25) is 0 Å². The molecule has 96 valence electrons. The van der Waals surface area contributed by atoms with E-state index in [4.69, 9.17) is 0 Å². The van der Waals surface area contributed by atoms with Gasteiger partial charge in [-0.2, -0.15) is 0 Å². The quantitative estimate of drug-likeness (QED) is 0.851. The minimum atomic E-state index is 0.688. The van der Waals surface area contributed by atoms with Crippen molar-refractivity contribution < 1.29 is 0 Å². The topological polar surface area (TPSA) is 17.0 Å². The van der Waals surface area contributed by atoms with Gasteiger partial charge in [0.2, 0.25) is 0 Å². The molecule has 1 aliphatic carbocycles. The Hall–Kier alpha value is -1.28. The molecule has 2 aromatic rings. The molecule has 2 nitrogen and oxygen atoms in total. The third-order valence-electron chi connectivity index (χ3n) is 4.14. The molecule has 1 aliphatic rings. The van der Waals surface area contributed by atoms with Crippen molar-refractivity contribution in [2.75, 3.05) is 6.54 Å². The summed E-state index contributed by atoms with van der Waals surface area (Å²) >= 11 is 0. The third kappa shape index (κ3) is 2.30. The Balaban J connectivity index is 1.67. The molecule has 1 saturated carbocycles. The molecule has 0 amide bonds. The predicted octanol–water partition coefficient (Wildman–Crippen LogP) is 3.34. The van der Waals surface area contributed by atoms with E-state index in [9.17, 15) is 0 Å². The summed E-state index contributed by atoms with van der Waals surface area (Å²) in [5, 5.41) is 5.03. The number of hydrogen-bond acceptors (Lipinski definition) is 1. The summed E-state index contributed by atoms with van der Waals surface area (Å²) in [5.41, 5.74) is 2.73. The Morgan fingerprint density at radius 1 is 1.33 bits per heavy atom. The van der Waals surface area contributed by atoms with Crippen LogP contribution in [-0.4, -0.2) is 17.2 Å². The van der Waals surface area contributed by atoms with Crippen molar-refractivity contribution in [3.63, 3.8) is 0 Å². The molecular formula is C16H22N2. The van der Waals surface area contributed by atoms with E-state index in [2.05, 4.69) is 54.2 Å². The lowest BCUT2D eigenvalue weighted by molar-refractivity contribution is 0.478. The second-order valence-electron chi connectivity index (χ2n) is 5.60. The van der Waals surface area contributed by atoms with E-state index in [1.807, 2.05) is 0 Å². The van der Waals surface area contributed by atoms with Gasteiger partial charge in [0.05, 0.1) is 0 Å². The SMILES string of the molecule is Cc1cn(CCNC(C)C2CC2)c2ccccc12. The van der Waals surface area contributed by atoms with E-state index in [-0.39, 0.29) is 0 Å². The van der Waals surface area contributed by atoms with Gasteiger partial charge in [-0.15, -0.1) is 0 Å². The van der Waals surface area contributed by atoms with Crippen LogP contribution in [0.25, 0.3) is 10.9 Å². The van der Waals surface area contributed by atoms with Gasteiger partial charge >= 0.3 is 0 Å². The van der Waals surface area contributed by atoms with E-state index in [1.165, 1.54) is 29.3 Å². The molecule has 0 bridgehead atoms. The molecule has 1 unspecified atom stereocenters. The number of benzene rings is 1. The zero-order valence-corrected chi connectivity index (χ0v) is 11.3. The minimum Gasteiger partial charge on any atom is -0.346 e. The number of aromatic nitrogens is 1. The number of hydrogen-bond donors (Lipinski definition) is 1. The van der Waals surface area contributed by atoms with Crippen molar-refractivity contribution in [1.29, 1.82) is 0 Å². The Morgan fingerprint density at radius 2 is 2.11 bits per heavy atom. The molecular weight excluding hydrogens is 220 g/mol. The van der Waals surface area contributed by atoms with Crippen molar-refractivity contribution in [2.24, 2.45) is 5.92 Å². The maximum atomic E-state index is 3.65. The highest BCUT2D eigenvalue weighted by Crippen LogP contribution is 2.32. The van der Waals surface area contributed by atoms with Crippen LogP contribution >= 0.6 is 0 Å². The highest BCUT2D eigenvalue weighted by Gasteiger charge is 2.27. The fourth-order valence-electron chi connectivity index (χ4n) is 2.79. The standard InChI is InChI=1S/C16H22N2/c1-12-11-18(16-6-4-3-5-15(12)16)10-9-17-13(2)14-7-8-14/h3-6,11,13-14,17H,7-10H2,1-2H3. The Bertz CT molecular complexity index is 537. The molecule has 1 N–H and O–H groups in total. The van der Waals surface area contributed by atoms with E-state index in [0.29, 0.717) is 6.04 Å². The highest BCUT2D eigenvalue weighted by molar-refractivity contribution is 5.83. The minimum absolute atomic E-state index is 0.688. The number of aryl methyl sites for hydroxylation is 1. The number of nitrogens with zero attached hydrogens (tertiary/aromatic N) is 1. The monoisotopic (exact) mass is 242 g/mol. The lowest BCUT2D eigenvalue weighted by Gasteiger charge is -2.13. The predicted molar refractivity (Wildman–Crippen MR) is 76.9 cm³/mol. The maximum Gasteiger partial charge on any atom is 0.0483 e. The number of para-hydroxylation sites is 1. The highest BCUT2D eigenvalue weighted by atomic mass is 15.0. The summed E-state index contributed by atoms with van der Waals surface area (Å²) in [5.74, 6) is 0.938. The summed E-state index contributed by atoms with van der Waals surface area (Å²) in [7, 11) is 0. The number of nitrogens with one attached hydrogen (secondary N) is 1. The van der Waals surface area contributed by atoms with Gasteiger partial charge in [0.15, 0.2) is 0 Å². The number of fused-ring (bicyclic) bond motifs is 1. The molecule has 0 spiro atoms. The van der Waals surface area contributed by atoms with Crippen LogP contribution in [0, 0.1) is 12.8 Å². The molecule has 1 fully saturated rings. The third-order valence-corrected chi connectivity index (χ3v) is 4.14. The van der Waals surface area contributed by atoms with Gasteiger partial charge in [-0.1, -0.05) is 18.2 Å². The van der Waals surface area contributed by atoms with Crippen molar-refractivity contribution in [3.8, 4) is 0 Å². The van der Waals surface area contributed by atoms with Crippen molar-refractivity contribution >= 4 is 10.9 Å². The fourth-order valence-corrected chi connectivity index (χ4v) is 2.79. The Kier molecular flexibility index (Phi) is 3.13. The van der Waals surface area contributed by atoms with Crippen LogP contribution in [0.5, 0.6) is 0 Å². The van der Waals surface area contributed by atoms with Crippen LogP contribution in [0.4, 0.5) is 0 Å². The summed E-state index contributed by atoms with van der Waals surface area (Å²) < 4.78 is 2.37. The molecule has 0 aliphatic heterocycles. The molecule has 3 rings (SSSR count). The summed E-state index contributed by atoms with van der Waals surface area (Å²) in [6, 6.07) is 9.35. The lowest BCUT2D eigenvalue weighted by atomic mass is 10.2. The van der Waals surface area contributed by atoms with Crippen LogP contribution in [0.1, 0.15) is 25.3 Å². The van der Waals surface area contributed by atoms with Crippen molar-refractivity contribution in [1.82, 2.24) is 9.88 Å². The molecule has 1 atom stereocenters. The molecule has 0 saturated heterocycles. The van der Waals surface area contributed by atoms with Gasteiger partial charge in [0.1, 0.15) is 0 Å². The normalized spacial score (nSPS) is 17.2. The largest absolute Gasteiger partial charge is 0.346 e. The van der Waals surface area contributed by atoms with Crippen LogP contribution in [0.15, 0.2) is 30.5 Å². The van der Waals surface area contributed by atoms with Crippen molar-refractivity contribution in [2.45, 2.75) is 39.3 Å². The van der Waals surface area contributed by atoms with Gasteiger partial charge in [-0.25, -0.2) is 0 Å². The average Bonchev–Trinajstić information content (AvgIpc) is 3.17. The first-order valence-electron chi connectivity index (χ1n) is 7.03. The Morgan fingerprint density at radius 3 is 2.89 bits per heavy atom. The molecule has 0 radical (unpaired) electrons. The molecule has 2 heteroatoms. The van der Waals surface area contributed by atoms with E-state index < -0.39 is 0 Å². The van der Waals surface area contributed by atoms with Crippen LogP contribution in [0.3, 0.4) is 0 Å². The first-order chi connectivity index (χ1) is 8.75. The molecule has 1 aromatic carbocycles. The van der Waals surface area contributed by atoms with Crippen LogP contribution in [-0.2, 0) is 6.54 Å². The average molecular weight is 242 g/mol. The van der Waals surface area contributed by atoms with E-state index in [1.54, 1.807) is 0 Å². The molecule has 18 heavy (non-hydrogen) atoms. The summed E-state index contributed by atoms with van der Waals surface area (Å²) in [6.45, 7) is 6.64. The zero-order valence-electron chi connectivity index (χ0n) is 11.3. The lowest BCUT2D eigenvalue weighted by Crippen LogP contribution is -2.30. The smallest absolute Gasteiger partial charge is 0.0483 e. The van der Waals surface area contributed by atoms with Crippen LogP contribution < -0.4 is 5.32 Å². The van der Waals surface area contributed by atoms with Crippen molar-refractivity contribution in [3.05, 3.63) is 36.0 Å².